The molecule has 3 rings (SSSR count). The van der Waals surface area contributed by atoms with Crippen molar-refractivity contribution < 1.29 is 9.47 Å². The molecule has 0 bridgehead atoms. The largest absolute Gasteiger partial charge is 0.493 e. The molecule has 1 aromatic carbocycles. The van der Waals surface area contributed by atoms with E-state index >= 15 is 0 Å². The first-order valence-electron chi connectivity index (χ1n) is 7.54. The lowest BCUT2D eigenvalue weighted by atomic mass is 9.74. The highest BCUT2D eigenvalue weighted by Gasteiger charge is 2.40. The summed E-state index contributed by atoms with van der Waals surface area (Å²) in [7, 11) is 1.81. The van der Waals surface area contributed by atoms with Crippen molar-refractivity contribution in [2.45, 2.75) is 50.2 Å². The van der Waals surface area contributed by atoms with E-state index in [4.69, 9.17) is 15.3 Å². The lowest BCUT2D eigenvalue weighted by molar-refractivity contribution is -0.0839. The summed E-state index contributed by atoms with van der Waals surface area (Å²) in [6.45, 7) is 0.802. The van der Waals surface area contributed by atoms with Gasteiger partial charge in [-0.1, -0.05) is 18.2 Å². The minimum Gasteiger partial charge on any atom is -0.493 e. The number of ether oxygens (including phenoxy) is 2. The molecular formula is C16H24N2O2. The summed E-state index contributed by atoms with van der Waals surface area (Å²) in [5, 5.41) is 0. The Morgan fingerprint density at radius 2 is 2.25 bits per heavy atom. The van der Waals surface area contributed by atoms with Crippen LogP contribution in [0.1, 0.15) is 49.3 Å². The lowest BCUT2D eigenvalue weighted by Gasteiger charge is -2.43. The Kier molecular flexibility index (Phi) is 3.96. The van der Waals surface area contributed by atoms with Gasteiger partial charge in [-0.05, 0) is 44.1 Å². The summed E-state index contributed by atoms with van der Waals surface area (Å²) < 4.78 is 11.6. The standard InChI is InChI=1S/C16H24N2O2/c1-19-16(8-4-9-16)11-14(18-17)13-7-2-5-12-6-3-10-20-15(12)13/h2,5,7,14,18H,3-4,6,8-11,17H2,1H3. The van der Waals surface area contributed by atoms with E-state index in [-0.39, 0.29) is 11.6 Å². The maximum Gasteiger partial charge on any atom is 0.127 e. The summed E-state index contributed by atoms with van der Waals surface area (Å²) in [6.07, 6.45) is 6.58. The maximum absolute atomic E-state index is 5.90. The molecule has 0 amide bonds. The van der Waals surface area contributed by atoms with Gasteiger partial charge in [0.15, 0.2) is 0 Å². The van der Waals surface area contributed by atoms with Crippen LogP contribution in [0, 0.1) is 0 Å². The van der Waals surface area contributed by atoms with Gasteiger partial charge in [0.25, 0.3) is 0 Å². The van der Waals surface area contributed by atoms with Crippen LogP contribution in [0.25, 0.3) is 0 Å². The third-order valence-electron chi connectivity index (χ3n) is 4.81. The van der Waals surface area contributed by atoms with Crippen LogP contribution in [-0.4, -0.2) is 19.3 Å². The van der Waals surface area contributed by atoms with Crippen molar-refractivity contribution in [1.82, 2.24) is 5.43 Å². The van der Waals surface area contributed by atoms with E-state index in [1.165, 1.54) is 17.5 Å². The molecular weight excluding hydrogens is 252 g/mol. The molecule has 1 aliphatic carbocycles. The van der Waals surface area contributed by atoms with E-state index in [9.17, 15) is 0 Å². The summed E-state index contributed by atoms with van der Waals surface area (Å²) in [5.74, 6) is 6.85. The van der Waals surface area contributed by atoms with E-state index in [1.54, 1.807) is 0 Å². The predicted octanol–water partition coefficient (Wildman–Crippen LogP) is 2.48. The fraction of sp³-hybridized carbons (Fsp3) is 0.625. The average Bonchev–Trinajstić information content (AvgIpc) is 2.47. The van der Waals surface area contributed by atoms with Gasteiger partial charge in [-0.2, -0.15) is 0 Å². The first kappa shape index (κ1) is 13.9. The summed E-state index contributed by atoms with van der Waals surface area (Å²) in [5.41, 5.74) is 5.44. The van der Waals surface area contributed by atoms with Crippen molar-refractivity contribution in [3.8, 4) is 5.75 Å². The Balaban J connectivity index is 1.86. The number of hydrazine groups is 1. The molecule has 1 aromatic rings. The maximum atomic E-state index is 5.90. The number of benzene rings is 1. The monoisotopic (exact) mass is 276 g/mol. The number of aryl methyl sites for hydroxylation is 1. The summed E-state index contributed by atoms with van der Waals surface area (Å²) in [4.78, 5) is 0. The molecule has 1 saturated carbocycles. The minimum absolute atomic E-state index is 0.00553. The molecule has 0 aromatic heterocycles. The van der Waals surface area contributed by atoms with E-state index in [0.717, 1.165) is 44.5 Å². The van der Waals surface area contributed by atoms with Gasteiger partial charge in [-0.25, -0.2) is 0 Å². The Morgan fingerprint density at radius 3 is 2.90 bits per heavy atom. The van der Waals surface area contributed by atoms with Crippen molar-refractivity contribution in [3.63, 3.8) is 0 Å². The summed E-state index contributed by atoms with van der Waals surface area (Å²) >= 11 is 0. The zero-order valence-electron chi connectivity index (χ0n) is 12.2. The van der Waals surface area contributed by atoms with Crippen molar-refractivity contribution in [2.75, 3.05) is 13.7 Å². The SMILES string of the molecule is COC1(CC(NN)c2cccc3c2OCCC3)CCC1. The molecule has 1 atom stereocenters. The topological polar surface area (TPSA) is 56.5 Å². The van der Waals surface area contributed by atoms with Gasteiger partial charge >= 0.3 is 0 Å². The molecule has 0 radical (unpaired) electrons. The first-order chi connectivity index (χ1) is 9.78. The fourth-order valence-electron chi connectivity index (χ4n) is 3.38. The number of methoxy groups -OCH3 is 1. The first-order valence-corrected chi connectivity index (χ1v) is 7.54. The Morgan fingerprint density at radius 1 is 1.40 bits per heavy atom. The van der Waals surface area contributed by atoms with Crippen molar-refractivity contribution in [3.05, 3.63) is 29.3 Å². The minimum atomic E-state index is -0.00553. The number of hydrogen-bond acceptors (Lipinski definition) is 4. The number of fused-ring (bicyclic) bond motifs is 1. The summed E-state index contributed by atoms with van der Waals surface area (Å²) in [6, 6.07) is 6.47. The van der Waals surface area contributed by atoms with Gasteiger partial charge in [0.1, 0.15) is 5.75 Å². The number of para-hydroxylation sites is 1. The normalized spacial score (nSPS) is 21.5. The van der Waals surface area contributed by atoms with Crippen molar-refractivity contribution in [2.24, 2.45) is 5.84 Å². The third-order valence-corrected chi connectivity index (χ3v) is 4.81. The van der Waals surface area contributed by atoms with Crippen molar-refractivity contribution >= 4 is 0 Å². The van der Waals surface area contributed by atoms with Crippen LogP contribution in [0.15, 0.2) is 18.2 Å². The Hall–Kier alpha value is -1.10. The number of nitrogens with one attached hydrogen (secondary N) is 1. The molecule has 2 aliphatic rings. The Bertz CT molecular complexity index is 466. The van der Waals surface area contributed by atoms with Crippen LogP contribution in [0.5, 0.6) is 5.75 Å². The van der Waals surface area contributed by atoms with E-state index in [0.29, 0.717) is 0 Å². The lowest BCUT2D eigenvalue weighted by Crippen LogP contribution is -2.44. The van der Waals surface area contributed by atoms with Gasteiger partial charge in [-0.15, -0.1) is 0 Å². The highest BCUT2D eigenvalue weighted by Crippen LogP contribution is 2.43. The number of hydrogen-bond donors (Lipinski definition) is 2. The van der Waals surface area contributed by atoms with Gasteiger partial charge in [0, 0.05) is 12.7 Å². The molecule has 1 heterocycles. The van der Waals surface area contributed by atoms with Crippen LogP contribution >= 0.6 is 0 Å². The second kappa shape index (κ2) is 5.72. The molecule has 0 spiro atoms. The molecule has 0 saturated heterocycles. The van der Waals surface area contributed by atoms with Gasteiger partial charge in [0.2, 0.25) is 0 Å². The molecule has 4 nitrogen and oxygen atoms in total. The molecule has 20 heavy (non-hydrogen) atoms. The predicted molar refractivity (Wildman–Crippen MR) is 78.5 cm³/mol. The quantitative estimate of drug-likeness (QED) is 0.641. The average molecular weight is 276 g/mol. The van der Waals surface area contributed by atoms with Crippen LogP contribution in [0.2, 0.25) is 0 Å². The van der Waals surface area contributed by atoms with E-state index in [1.807, 2.05) is 7.11 Å². The smallest absolute Gasteiger partial charge is 0.127 e. The highest BCUT2D eigenvalue weighted by atomic mass is 16.5. The Labute approximate surface area is 120 Å². The molecule has 3 N–H and O–H groups in total. The van der Waals surface area contributed by atoms with E-state index in [2.05, 4.69) is 23.6 Å². The third kappa shape index (κ3) is 2.43. The number of nitrogens with two attached hydrogens (primary N) is 1. The van der Waals surface area contributed by atoms with Gasteiger partial charge in [-0.3, -0.25) is 11.3 Å². The number of rotatable bonds is 5. The van der Waals surface area contributed by atoms with Gasteiger partial charge < -0.3 is 9.47 Å². The van der Waals surface area contributed by atoms with Crippen LogP contribution < -0.4 is 16.0 Å². The molecule has 4 heteroatoms. The second-order valence-corrected chi connectivity index (χ2v) is 5.95. The molecule has 1 aliphatic heterocycles. The van der Waals surface area contributed by atoms with Crippen LogP contribution in [0.3, 0.4) is 0 Å². The van der Waals surface area contributed by atoms with Crippen molar-refractivity contribution in [1.29, 1.82) is 0 Å². The zero-order valence-corrected chi connectivity index (χ0v) is 12.2. The fourth-order valence-corrected chi connectivity index (χ4v) is 3.38. The molecule has 110 valence electrons. The van der Waals surface area contributed by atoms with E-state index < -0.39 is 0 Å². The highest BCUT2D eigenvalue weighted by molar-refractivity contribution is 5.44. The van der Waals surface area contributed by atoms with Crippen LogP contribution in [-0.2, 0) is 11.2 Å². The van der Waals surface area contributed by atoms with Crippen LogP contribution in [0.4, 0.5) is 0 Å². The molecule has 1 unspecified atom stereocenters. The molecule has 1 fully saturated rings. The van der Waals surface area contributed by atoms with Gasteiger partial charge in [0.05, 0.1) is 18.2 Å². The zero-order chi connectivity index (χ0) is 14.0. The second-order valence-electron chi connectivity index (χ2n) is 5.95.